The van der Waals surface area contributed by atoms with E-state index < -0.39 is 7.12 Å². The molecule has 1 aromatic carbocycles. The van der Waals surface area contributed by atoms with Gasteiger partial charge in [0.25, 0.3) is 0 Å². The maximum Gasteiger partial charge on any atom is 0.488 e. The van der Waals surface area contributed by atoms with Gasteiger partial charge < -0.3 is 10.0 Å². The summed E-state index contributed by atoms with van der Waals surface area (Å²) in [6.07, 6.45) is 7.22. The van der Waals surface area contributed by atoms with Crippen molar-refractivity contribution in [3.8, 4) is 0 Å². The third kappa shape index (κ3) is 1.85. The predicted molar refractivity (Wildman–Crippen MR) is 76.1 cm³/mol. The first-order chi connectivity index (χ1) is 9.56. The second kappa shape index (κ2) is 4.31. The summed E-state index contributed by atoms with van der Waals surface area (Å²) < 4.78 is 14.4. The van der Waals surface area contributed by atoms with Gasteiger partial charge in [0.05, 0.1) is 0 Å². The van der Waals surface area contributed by atoms with E-state index in [1.165, 1.54) is 31.4 Å². The molecule has 4 saturated carbocycles. The van der Waals surface area contributed by atoms with Crippen LogP contribution in [0.4, 0.5) is 4.39 Å². The van der Waals surface area contributed by atoms with Crippen molar-refractivity contribution in [2.45, 2.75) is 43.9 Å². The fourth-order valence-corrected chi connectivity index (χ4v) is 5.55. The lowest BCUT2D eigenvalue weighted by Crippen LogP contribution is -2.49. The summed E-state index contributed by atoms with van der Waals surface area (Å²) in [5.41, 5.74) is 1.11. The van der Waals surface area contributed by atoms with Crippen molar-refractivity contribution in [2.75, 3.05) is 0 Å². The summed E-state index contributed by atoms with van der Waals surface area (Å²) >= 11 is 0. The van der Waals surface area contributed by atoms with E-state index in [2.05, 4.69) is 0 Å². The van der Waals surface area contributed by atoms with Crippen LogP contribution in [0.5, 0.6) is 0 Å². The largest absolute Gasteiger partial charge is 0.488 e. The maximum absolute atomic E-state index is 14.4. The van der Waals surface area contributed by atoms with Gasteiger partial charge in [0.2, 0.25) is 0 Å². The van der Waals surface area contributed by atoms with Crippen molar-refractivity contribution in [3.63, 3.8) is 0 Å². The van der Waals surface area contributed by atoms with Gasteiger partial charge in [-0.1, -0.05) is 12.1 Å². The Morgan fingerprint density at radius 2 is 1.55 bits per heavy atom. The van der Waals surface area contributed by atoms with Gasteiger partial charge in [-0.25, -0.2) is 4.39 Å². The normalized spacial score (nSPS) is 38.2. The Hall–Kier alpha value is -0.865. The van der Waals surface area contributed by atoms with Gasteiger partial charge in [-0.3, -0.25) is 0 Å². The molecule has 2 N–H and O–H groups in total. The highest BCUT2D eigenvalue weighted by Gasteiger charge is 2.52. The summed E-state index contributed by atoms with van der Waals surface area (Å²) in [5, 5.41) is 18.7. The van der Waals surface area contributed by atoms with Crippen LogP contribution in [0.1, 0.15) is 44.1 Å². The summed E-state index contributed by atoms with van der Waals surface area (Å²) in [7, 11) is -1.51. The Morgan fingerprint density at radius 3 is 2.05 bits per heavy atom. The van der Waals surface area contributed by atoms with E-state index >= 15 is 0 Å². The molecule has 4 bridgehead atoms. The highest BCUT2D eigenvalue weighted by molar-refractivity contribution is 6.58. The Morgan fingerprint density at radius 1 is 1.00 bits per heavy atom. The zero-order valence-corrected chi connectivity index (χ0v) is 11.6. The average Bonchev–Trinajstić information content (AvgIpc) is 2.37. The molecule has 4 aliphatic carbocycles. The first-order valence-electron chi connectivity index (χ1n) is 7.72. The SMILES string of the molecule is OB(O)c1ccc(F)c(C23CC4CC(CC(C4)C2)C3)c1. The van der Waals surface area contributed by atoms with Crippen LogP contribution >= 0.6 is 0 Å². The second-order valence-electron chi connectivity index (χ2n) is 7.31. The van der Waals surface area contributed by atoms with Crippen LogP contribution in [0.15, 0.2) is 18.2 Å². The minimum absolute atomic E-state index is 0.0380. The number of hydrogen-bond donors (Lipinski definition) is 2. The molecule has 4 aliphatic rings. The van der Waals surface area contributed by atoms with Gasteiger partial charge in [0.1, 0.15) is 5.82 Å². The van der Waals surface area contributed by atoms with Crippen molar-refractivity contribution in [2.24, 2.45) is 17.8 Å². The van der Waals surface area contributed by atoms with Gasteiger partial charge in [0.15, 0.2) is 0 Å². The molecule has 0 heterocycles. The molecule has 0 aliphatic heterocycles. The first kappa shape index (κ1) is 12.8. The first-order valence-corrected chi connectivity index (χ1v) is 7.72. The van der Waals surface area contributed by atoms with E-state index in [-0.39, 0.29) is 11.2 Å². The van der Waals surface area contributed by atoms with Crippen LogP contribution in [0.25, 0.3) is 0 Å². The van der Waals surface area contributed by atoms with Crippen molar-refractivity contribution in [3.05, 3.63) is 29.6 Å². The minimum Gasteiger partial charge on any atom is -0.423 e. The summed E-state index contributed by atoms with van der Waals surface area (Å²) in [5.74, 6) is 2.09. The number of hydrogen-bond acceptors (Lipinski definition) is 2. The highest BCUT2D eigenvalue weighted by Crippen LogP contribution is 2.60. The Bertz CT molecular complexity index is 508. The Kier molecular flexibility index (Phi) is 2.77. The number of benzene rings is 1. The standard InChI is InChI=1S/C16H20BFO2/c18-15-2-1-13(17(19)20)6-14(15)16-7-10-3-11(8-16)5-12(4-10)9-16/h1-2,6,10-12,19-20H,3-5,7-9H2. The van der Waals surface area contributed by atoms with Crippen LogP contribution in [-0.2, 0) is 5.41 Å². The van der Waals surface area contributed by atoms with Gasteiger partial charge in [-0.05, 0) is 78.8 Å². The lowest BCUT2D eigenvalue weighted by atomic mass is 9.48. The smallest absolute Gasteiger partial charge is 0.423 e. The van der Waals surface area contributed by atoms with Crippen LogP contribution in [0, 0.1) is 23.6 Å². The van der Waals surface area contributed by atoms with Crippen LogP contribution in [-0.4, -0.2) is 17.2 Å². The summed E-state index contributed by atoms with van der Waals surface area (Å²) in [6, 6.07) is 4.58. The van der Waals surface area contributed by atoms with E-state index in [1.54, 1.807) is 6.07 Å². The van der Waals surface area contributed by atoms with E-state index in [0.29, 0.717) is 5.46 Å². The fraction of sp³-hybridized carbons (Fsp3) is 0.625. The van der Waals surface area contributed by atoms with Crippen LogP contribution in [0.2, 0.25) is 0 Å². The third-order valence-corrected chi connectivity index (χ3v) is 5.90. The maximum atomic E-state index is 14.4. The van der Waals surface area contributed by atoms with Gasteiger partial charge in [-0.15, -0.1) is 0 Å². The summed E-state index contributed by atoms with van der Waals surface area (Å²) in [6.45, 7) is 0. The zero-order valence-electron chi connectivity index (χ0n) is 11.6. The molecule has 0 saturated heterocycles. The molecule has 20 heavy (non-hydrogen) atoms. The molecule has 0 aromatic heterocycles. The molecule has 0 unspecified atom stereocenters. The molecule has 1 aromatic rings. The van der Waals surface area contributed by atoms with Crippen LogP contribution in [0.3, 0.4) is 0 Å². The van der Waals surface area contributed by atoms with Gasteiger partial charge in [-0.2, -0.15) is 0 Å². The molecule has 0 amide bonds. The Balaban J connectivity index is 1.78. The molecule has 2 nitrogen and oxygen atoms in total. The predicted octanol–water partition coefficient (Wildman–Crippen LogP) is 1.97. The van der Waals surface area contributed by atoms with E-state index in [4.69, 9.17) is 0 Å². The zero-order chi connectivity index (χ0) is 13.9. The average molecular weight is 274 g/mol. The van der Waals surface area contributed by atoms with Crippen molar-refractivity contribution < 1.29 is 14.4 Å². The lowest BCUT2D eigenvalue weighted by Gasteiger charge is -2.57. The molecule has 4 heteroatoms. The van der Waals surface area contributed by atoms with Gasteiger partial charge in [0, 0.05) is 0 Å². The molecular weight excluding hydrogens is 254 g/mol. The number of halogens is 1. The third-order valence-electron chi connectivity index (χ3n) is 5.90. The van der Waals surface area contributed by atoms with E-state index in [0.717, 1.165) is 42.6 Å². The lowest BCUT2D eigenvalue weighted by molar-refractivity contribution is -0.00671. The molecule has 0 spiro atoms. The monoisotopic (exact) mass is 274 g/mol. The fourth-order valence-electron chi connectivity index (χ4n) is 5.55. The van der Waals surface area contributed by atoms with Crippen LogP contribution < -0.4 is 5.46 Å². The topological polar surface area (TPSA) is 40.5 Å². The van der Waals surface area contributed by atoms with Gasteiger partial charge >= 0.3 is 7.12 Å². The second-order valence-corrected chi connectivity index (χ2v) is 7.31. The Labute approximate surface area is 119 Å². The quantitative estimate of drug-likeness (QED) is 0.809. The molecular formula is C16H20BFO2. The van der Waals surface area contributed by atoms with E-state index in [1.807, 2.05) is 0 Å². The summed E-state index contributed by atoms with van der Waals surface area (Å²) in [4.78, 5) is 0. The molecule has 5 rings (SSSR count). The highest BCUT2D eigenvalue weighted by atomic mass is 19.1. The van der Waals surface area contributed by atoms with Crippen molar-refractivity contribution >= 4 is 12.6 Å². The molecule has 0 radical (unpaired) electrons. The minimum atomic E-state index is -1.51. The molecule has 0 atom stereocenters. The molecule has 4 fully saturated rings. The van der Waals surface area contributed by atoms with Crippen molar-refractivity contribution in [1.82, 2.24) is 0 Å². The van der Waals surface area contributed by atoms with E-state index in [9.17, 15) is 14.4 Å². The number of rotatable bonds is 2. The molecule has 106 valence electrons. The van der Waals surface area contributed by atoms with Crippen molar-refractivity contribution in [1.29, 1.82) is 0 Å².